The molecular formula is C16H15F3N2O2. The molecular weight excluding hydrogens is 309 g/mol. The number of benzene rings is 2. The molecule has 4 nitrogen and oxygen atoms in total. The van der Waals surface area contributed by atoms with E-state index in [1.807, 2.05) is 0 Å². The van der Waals surface area contributed by atoms with E-state index in [-0.39, 0.29) is 17.3 Å². The maximum Gasteiger partial charge on any atom is 0.417 e. The molecule has 0 saturated carbocycles. The Labute approximate surface area is 131 Å². The number of rotatable bonds is 4. The standard InChI is InChI=1S/C16H15F3N2O2/c1-10(2)20-14-8-12(11-6-4-3-5-7-11)13(16(17,18)19)9-15(14)21(22)23/h3-10,20H,1-2H3. The number of nitro groups is 1. The highest BCUT2D eigenvalue weighted by molar-refractivity contribution is 5.78. The summed E-state index contributed by atoms with van der Waals surface area (Å²) in [5, 5.41) is 14.0. The second-order valence-corrected chi connectivity index (χ2v) is 5.33. The van der Waals surface area contributed by atoms with Crippen molar-refractivity contribution in [2.75, 3.05) is 5.32 Å². The predicted molar refractivity (Wildman–Crippen MR) is 82.3 cm³/mol. The maximum atomic E-state index is 13.3. The van der Waals surface area contributed by atoms with Gasteiger partial charge in [0, 0.05) is 12.1 Å². The number of alkyl halides is 3. The van der Waals surface area contributed by atoms with Gasteiger partial charge in [0.15, 0.2) is 0 Å². The van der Waals surface area contributed by atoms with Crippen molar-refractivity contribution in [1.82, 2.24) is 0 Å². The number of nitro benzene ring substituents is 1. The van der Waals surface area contributed by atoms with Gasteiger partial charge in [0.05, 0.1) is 10.5 Å². The molecule has 0 amide bonds. The number of halogens is 3. The molecule has 0 aromatic heterocycles. The first-order valence-corrected chi connectivity index (χ1v) is 6.91. The van der Waals surface area contributed by atoms with Crippen LogP contribution in [0.5, 0.6) is 0 Å². The van der Waals surface area contributed by atoms with Gasteiger partial charge >= 0.3 is 6.18 Å². The molecule has 0 aliphatic heterocycles. The van der Waals surface area contributed by atoms with E-state index in [1.54, 1.807) is 32.0 Å². The molecule has 2 aromatic carbocycles. The first-order chi connectivity index (χ1) is 10.7. The highest BCUT2D eigenvalue weighted by Gasteiger charge is 2.36. The summed E-state index contributed by atoms with van der Waals surface area (Å²) in [5.41, 5.74) is -1.29. The lowest BCUT2D eigenvalue weighted by Crippen LogP contribution is -2.14. The van der Waals surface area contributed by atoms with Crippen molar-refractivity contribution in [3.8, 4) is 11.1 Å². The summed E-state index contributed by atoms with van der Waals surface area (Å²) >= 11 is 0. The Morgan fingerprint density at radius 1 is 1.13 bits per heavy atom. The Morgan fingerprint density at radius 3 is 2.22 bits per heavy atom. The third-order valence-corrected chi connectivity index (χ3v) is 3.17. The molecule has 122 valence electrons. The maximum absolute atomic E-state index is 13.3. The van der Waals surface area contributed by atoms with Crippen LogP contribution in [0, 0.1) is 10.1 Å². The average molecular weight is 324 g/mol. The molecule has 0 unspecified atom stereocenters. The third-order valence-electron chi connectivity index (χ3n) is 3.17. The first-order valence-electron chi connectivity index (χ1n) is 6.91. The Kier molecular flexibility index (Phi) is 4.58. The number of hydrogen-bond acceptors (Lipinski definition) is 3. The summed E-state index contributed by atoms with van der Waals surface area (Å²) in [7, 11) is 0. The second kappa shape index (κ2) is 6.28. The van der Waals surface area contributed by atoms with Crippen LogP contribution in [-0.2, 0) is 6.18 Å². The zero-order valence-corrected chi connectivity index (χ0v) is 12.5. The lowest BCUT2D eigenvalue weighted by atomic mass is 9.97. The molecule has 0 fully saturated rings. The van der Waals surface area contributed by atoms with Crippen LogP contribution in [0.2, 0.25) is 0 Å². The minimum Gasteiger partial charge on any atom is -0.377 e. The van der Waals surface area contributed by atoms with Crippen LogP contribution in [0.25, 0.3) is 11.1 Å². The van der Waals surface area contributed by atoms with E-state index < -0.39 is 22.4 Å². The van der Waals surface area contributed by atoms with Crippen LogP contribution in [0.4, 0.5) is 24.5 Å². The largest absolute Gasteiger partial charge is 0.417 e. The fraction of sp³-hybridized carbons (Fsp3) is 0.250. The van der Waals surface area contributed by atoms with E-state index in [2.05, 4.69) is 5.32 Å². The van der Waals surface area contributed by atoms with Crippen molar-refractivity contribution < 1.29 is 18.1 Å². The topological polar surface area (TPSA) is 55.2 Å². The van der Waals surface area contributed by atoms with Crippen molar-refractivity contribution in [3.05, 3.63) is 58.1 Å². The summed E-state index contributed by atoms with van der Waals surface area (Å²) in [6, 6.07) is 9.62. The van der Waals surface area contributed by atoms with Gasteiger partial charge < -0.3 is 5.32 Å². The third kappa shape index (κ3) is 3.80. The van der Waals surface area contributed by atoms with Crippen LogP contribution in [0.3, 0.4) is 0 Å². The van der Waals surface area contributed by atoms with Crippen LogP contribution >= 0.6 is 0 Å². The number of nitrogens with one attached hydrogen (secondary N) is 1. The first kappa shape index (κ1) is 16.8. The summed E-state index contributed by atoms with van der Waals surface area (Å²) in [6.45, 7) is 3.51. The van der Waals surface area contributed by atoms with Gasteiger partial charge in [-0.15, -0.1) is 0 Å². The number of nitrogens with zero attached hydrogens (tertiary/aromatic N) is 1. The van der Waals surface area contributed by atoms with Crippen molar-refractivity contribution in [2.45, 2.75) is 26.1 Å². The molecule has 0 atom stereocenters. The zero-order chi connectivity index (χ0) is 17.2. The molecule has 0 aliphatic carbocycles. The minimum absolute atomic E-state index is 0.0665. The SMILES string of the molecule is CC(C)Nc1cc(-c2ccccc2)c(C(F)(F)F)cc1[N+](=O)[O-]. The van der Waals surface area contributed by atoms with Crippen molar-refractivity contribution in [1.29, 1.82) is 0 Å². The van der Waals surface area contributed by atoms with E-state index in [9.17, 15) is 23.3 Å². The van der Waals surface area contributed by atoms with Gasteiger partial charge in [0.2, 0.25) is 0 Å². The highest BCUT2D eigenvalue weighted by Crippen LogP contribution is 2.42. The van der Waals surface area contributed by atoms with Gasteiger partial charge in [-0.3, -0.25) is 10.1 Å². The summed E-state index contributed by atoms with van der Waals surface area (Å²) in [4.78, 5) is 10.3. The molecule has 0 bridgehead atoms. The molecule has 1 N–H and O–H groups in total. The van der Waals surface area contributed by atoms with E-state index in [0.717, 1.165) is 0 Å². The normalized spacial score (nSPS) is 11.6. The quantitative estimate of drug-likeness (QED) is 0.629. The Balaban J connectivity index is 2.75. The van der Waals surface area contributed by atoms with E-state index in [4.69, 9.17) is 0 Å². The van der Waals surface area contributed by atoms with E-state index in [1.165, 1.54) is 18.2 Å². The Hall–Kier alpha value is -2.57. The number of hydrogen-bond donors (Lipinski definition) is 1. The highest BCUT2D eigenvalue weighted by atomic mass is 19.4. The van der Waals surface area contributed by atoms with Crippen LogP contribution in [0.15, 0.2) is 42.5 Å². The molecule has 7 heteroatoms. The predicted octanol–water partition coefficient (Wildman–Crippen LogP) is 5.10. The Bertz CT molecular complexity index is 713. The monoisotopic (exact) mass is 324 g/mol. The minimum atomic E-state index is -4.69. The van der Waals surface area contributed by atoms with Gasteiger partial charge in [-0.25, -0.2) is 0 Å². The van der Waals surface area contributed by atoms with Gasteiger partial charge in [0.1, 0.15) is 5.69 Å². The van der Waals surface area contributed by atoms with Crippen molar-refractivity contribution >= 4 is 11.4 Å². The molecule has 0 spiro atoms. The lowest BCUT2D eigenvalue weighted by molar-refractivity contribution is -0.384. The second-order valence-electron chi connectivity index (χ2n) is 5.33. The summed E-state index contributed by atoms with van der Waals surface area (Å²) < 4.78 is 40.0. The van der Waals surface area contributed by atoms with Crippen LogP contribution in [0.1, 0.15) is 19.4 Å². The Morgan fingerprint density at radius 2 is 1.74 bits per heavy atom. The van der Waals surface area contributed by atoms with Crippen LogP contribution < -0.4 is 5.32 Å². The molecule has 0 aliphatic rings. The molecule has 2 rings (SSSR count). The van der Waals surface area contributed by atoms with Crippen molar-refractivity contribution in [3.63, 3.8) is 0 Å². The molecule has 0 radical (unpaired) electrons. The molecule has 2 aromatic rings. The van der Waals surface area contributed by atoms with Crippen molar-refractivity contribution in [2.24, 2.45) is 0 Å². The summed E-state index contributed by atoms with van der Waals surface area (Å²) in [5.74, 6) is 0. The molecule has 23 heavy (non-hydrogen) atoms. The van der Waals surface area contributed by atoms with Gasteiger partial charge in [-0.05, 0) is 31.0 Å². The smallest absolute Gasteiger partial charge is 0.377 e. The number of anilines is 1. The van der Waals surface area contributed by atoms with Gasteiger partial charge in [-0.1, -0.05) is 30.3 Å². The zero-order valence-electron chi connectivity index (χ0n) is 12.5. The van der Waals surface area contributed by atoms with Gasteiger partial charge in [0.25, 0.3) is 5.69 Å². The fourth-order valence-corrected chi connectivity index (χ4v) is 2.26. The van der Waals surface area contributed by atoms with Gasteiger partial charge in [-0.2, -0.15) is 13.2 Å². The van der Waals surface area contributed by atoms with Crippen LogP contribution in [-0.4, -0.2) is 11.0 Å². The molecule has 0 heterocycles. The molecule has 0 saturated heterocycles. The lowest BCUT2D eigenvalue weighted by Gasteiger charge is -2.17. The average Bonchev–Trinajstić information content (AvgIpc) is 2.45. The van der Waals surface area contributed by atoms with E-state index >= 15 is 0 Å². The van der Waals surface area contributed by atoms with E-state index in [0.29, 0.717) is 11.6 Å². The fourth-order valence-electron chi connectivity index (χ4n) is 2.26. The summed E-state index contributed by atoms with van der Waals surface area (Å²) in [6.07, 6.45) is -4.69.